The summed E-state index contributed by atoms with van der Waals surface area (Å²) in [5.41, 5.74) is 0.0253. The van der Waals surface area contributed by atoms with Crippen molar-refractivity contribution in [3.63, 3.8) is 0 Å². The number of ether oxygens (including phenoxy) is 1. The minimum atomic E-state index is -3.08. The summed E-state index contributed by atoms with van der Waals surface area (Å²) in [6.07, 6.45) is -1.28. The number of aliphatic hydroxyl groups excluding tert-OH is 1. The van der Waals surface area contributed by atoms with Crippen molar-refractivity contribution in [2.45, 2.75) is 25.6 Å². The molecule has 104 valence electrons. The number of carboxylic acids is 1. The van der Waals surface area contributed by atoms with Gasteiger partial charge in [0.1, 0.15) is 12.0 Å². The maximum absolute atomic E-state index is 12.2. The van der Waals surface area contributed by atoms with Crippen LogP contribution in [0.3, 0.4) is 0 Å². The van der Waals surface area contributed by atoms with Gasteiger partial charge in [0.05, 0.1) is 0 Å². The van der Waals surface area contributed by atoms with Crippen molar-refractivity contribution in [1.82, 2.24) is 0 Å². The third-order valence-corrected chi connectivity index (χ3v) is 2.43. The van der Waals surface area contributed by atoms with Crippen LogP contribution >= 0.6 is 0 Å². The monoisotopic (exact) mass is 274 g/mol. The minimum absolute atomic E-state index is 0.00293. The van der Waals surface area contributed by atoms with E-state index in [1.165, 1.54) is 18.2 Å². The Labute approximate surface area is 107 Å². The second kappa shape index (κ2) is 6.79. The number of hydrogen-bond donors (Lipinski definition) is 2. The molecule has 0 bridgehead atoms. The highest BCUT2D eigenvalue weighted by Crippen LogP contribution is 2.29. The Morgan fingerprint density at radius 2 is 2.11 bits per heavy atom. The van der Waals surface area contributed by atoms with Gasteiger partial charge in [0.15, 0.2) is 6.10 Å². The molecular weight excluding hydrogens is 262 g/mol. The normalized spacial score (nSPS) is 12.2. The predicted molar refractivity (Wildman–Crippen MR) is 60.1 cm³/mol. The first-order valence-corrected chi connectivity index (χ1v) is 5.38. The third-order valence-electron chi connectivity index (χ3n) is 2.43. The molecule has 0 aliphatic carbocycles. The maximum Gasteiger partial charge on any atom is 0.387 e. The fraction of sp³-hybridized carbons (Fsp3) is 0.333. The molecule has 0 saturated carbocycles. The van der Waals surface area contributed by atoms with Crippen molar-refractivity contribution in [3.05, 3.63) is 29.3 Å². The van der Waals surface area contributed by atoms with Crippen LogP contribution in [-0.4, -0.2) is 29.1 Å². The smallest absolute Gasteiger partial charge is 0.387 e. The Morgan fingerprint density at radius 3 is 2.63 bits per heavy atom. The lowest BCUT2D eigenvalue weighted by atomic mass is 9.97. The highest BCUT2D eigenvalue weighted by atomic mass is 19.3. The van der Waals surface area contributed by atoms with Gasteiger partial charge in [-0.2, -0.15) is 8.78 Å². The van der Waals surface area contributed by atoms with Gasteiger partial charge in [-0.05, 0) is 18.1 Å². The van der Waals surface area contributed by atoms with E-state index in [0.29, 0.717) is 6.29 Å². The zero-order valence-corrected chi connectivity index (χ0v) is 9.75. The number of aldehydes is 1. The van der Waals surface area contributed by atoms with Gasteiger partial charge in [0.25, 0.3) is 0 Å². The van der Waals surface area contributed by atoms with Gasteiger partial charge in [-0.15, -0.1) is 0 Å². The molecule has 0 fully saturated rings. The van der Waals surface area contributed by atoms with Crippen LogP contribution in [0.2, 0.25) is 0 Å². The molecule has 2 N–H and O–H groups in total. The predicted octanol–water partition coefficient (Wildman–Crippen LogP) is 1.54. The van der Waals surface area contributed by atoms with Gasteiger partial charge in [-0.3, -0.25) is 0 Å². The average Bonchev–Trinajstić information content (AvgIpc) is 2.35. The number of aliphatic carboxylic acids is 1. The molecule has 0 saturated heterocycles. The summed E-state index contributed by atoms with van der Waals surface area (Å²) in [5.74, 6) is -1.75. The molecule has 1 rings (SSSR count). The van der Waals surface area contributed by atoms with Gasteiger partial charge in [-0.25, -0.2) is 4.79 Å². The summed E-state index contributed by atoms with van der Waals surface area (Å²) in [6, 6.07) is 3.81. The van der Waals surface area contributed by atoms with E-state index in [0.717, 1.165) is 0 Å². The highest BCUT2D eigenvalue weighted by Gasteiger charge is 2.22. The van der Waals surface area contributed by atoms with Crippen molar-refractivity contribution in [2.24, 2.45) is 0 Å². The molecule has 1 unspecified atom stereocenters. The van der Waals surface area contributed by atoms with Gasteiger partial charge in [0.2, 0.25) is 0 Å². The number of halogens is 2. The van der Waals surface area contributed by atoms with Crippen LogP contribution < -0.4 is 4.74 Å². The third kappa shape index (κ3) is 3.99. The Morgan fingerprint density at radius 1 is 1.42 bits per heavy atom. The summed E-state index contributed by atoms with van der Waals surface area (Å²) in [7, 11) is 0. The summed E-state index contributed by atoms with van der Waals surface area (Å²) in [6.45, 7) is -3.08. The van der Waals surface area contributed by atoms with E-state index in [1.807, 2.05) is 0 Å². The molecule has 0 heterocycles. The largest absolute Gasteiger partial charge is 0.479 e. The highest BCUT2D eigenvalue weighted by molar-refractivity contribution is 5.75. The Bertz CT molecular complexity index is 461. The number of benzene rings is 1. The Hall–Kier alpha value is -2.02. The number of carbonyl (C=O) groups is 2. The van der Waals surface area contributed by atoms with E-state index in [-0.39, 0.29) is 29.7 Å². The van der Waals surface area contributed by atoms with Crippen LogP contribution in [0, 0.1) is 0 Å². The Kier molecular flexibility index (Phi) is 5.37. The van der Waals surface area contributed by atoms with Crippen molar-refractivity contribution < 1.29 is 33.3 Å². The SMILES string of the molecule is O=CCCc1c(OC(F)F)cccc1C(O)C(=O)O. The van der Waals surface area contributed by atoms with Crippen LogP contribution in [0.15, 0.2) is 18.2 Å². The lowest BCUT2D eigenvalue weighted by molar-refractivity contribution is -0.147. The topological polar surface area (TPSA) is 83.8 Å². The second-order valence-corrected chi connectivity index (χ2v) is 3.65. The molecule has 5 nitrogen and oxygen atoms in total. The summed E-state index contributed by atoms with van der Waals surface area (Å²) in [4.78, 5) is 21.1. The Balaban J connectivity index is 3.20. The number of alkyl halides is 2. The molecule has 0 spiro atoms. The quantitative estimate of drug-likeness (QED) is 0.737. The molecule has 7 heteroatoms. The molecule has 1 aromatic rings. The number of rotatable bonds is 7. The van der Waals surface area contributed by atoms with Crippen LogP contribution in [-0.2, 0) is 16.0 Å². The molecule has 1 aromatic carbocycles. The molecule has 0 aromatic heterocycles. The van der Waals surface area contributed by atoms with E-state index in [9.17, 15) is 23.5 Å². The van der Waals surface area contributed by atoms with E-state index in [1.54, 1.807) is 0 Å². The lowest BCUT2D eigenvalue weighted by Gasteiger charge is -2.16. The van der Waals surface area contributed by atoms with Gasteiger partial charge in [0, 0.05) is 12.0 Å². The van der Waals surface area contributed by atoms with Crippen LogP contribution in [0.5, 0.6) is 5.75 Å². The van der Waals surface area contributed by atoms with Crippen LogP contribution in [0.1, 0.15) is 23.7 Å². The first kappa shape index (κ1) is 15.0. The number of aliphatic hydroxyl groups is 1. The van der Waals surface area contributed by atoms with Crippen molar-refractivity contribution in [2.75, 3.05) is 0 Å². The van der Waals surface area contributed by atoms with Gasteiger partial charge < -0.3 is 19.7 Å². The molecule has 0 aliphatic heterocycles. The summed E-state index contributed by atoms with van der Waals surface area (Å²) < 4.78 is 28.7. The van der Waals surface area contributed by atoms with E-state index in [4.69, 9.17) is 5.11 Å². The maximum atomic E-state index is 12.2. The van der Waals surface area contributed by atoms with Crippen molar-refractivity contribution in [1.29, 1.82) is 0 Å². The molecule has 0 radical (unpaired) electrons. The van der Waals surface area contributed by atoms with Crippen molar-refractivity contribution >= 4 is 12.3 Å². The fourth-order valence-corrected chi connectivity index (χ4v) is 1.65. The minimum Gasteiger partial charge on any atom is -0.479 e. The summed E-state index contributed by atoms with van der Waals surface area (Å²) >= 11 is 0. The second-order valence-electron chi connectivity index (χ2n) is 3.65. The van der Waals surface area contributed by atoms with E-state index >= 15 is 0 Å². The zero-order chi connectivity index (χ0) is 14.4. The lowest BCUT2D eigenvalue weighted by Crippen LogP contribution is -2.14. The molecular formula is C12H12F2O5. The molecule has 19 heavy (non-hydrogen) atoms. The summed E-state index contributed by atoms with van der Waals surface area (Å²) in [5, 5.41) is 18.3. The van der Waals surface area contributed by atoms with E-state index in [2.05, 4.69) is 4.74 Å². The average molecular weight is 274 g/mol. The molecule has 0 aliphatic rings. The van der Waals surface area contributed by atoms with Crippen molar-refractivity contribution in [3.8, 4) is 5.75 Å². The first-order chi connectivity index (χ1) is 8.97. The standard InChI is InChI=1S/C12H12F2O5/c13-12(14)19-9-5-1-3-8(10(16)11(17)18)7(9)4-2-6-15/h1,3,5-6,10,12,16H,2,4H2,(H,17,18). The van der Waals surface area contributed by atoms with Crippen LogP contribution in [0.4, 0.5) is 8.78 Å². The van der Waals surface area contributed by atoms with E-state index < -0.39 is 18.7 Å². The van der Waals surface area contributed by atoms with Gasteiger partial charge >= 0.3 is 12.6 Å². The molecule has 1 atom stereocenters. The zero-order valence-electron chi connectivity index (χ0n) is 9.75. The molecule has 0 amide bonds. The van der Waals surface area contributed by atoms with Crippen LogP contribution in [0.25, 0.3) is 0 Å². The number of carboxylic acid groups (broad SMARTS) is 1. The first-order valence-electron chi connectivity index (χ1n) is 5.38. The number of hydrogen-bond acceptors (Lipinski definition) is 4. The van der Waals surface area contributed by atoms with Gasteiger partial charge in [-0.1, -0.05) is 12.1 Å². The fourth-order valence-electron chi connectivity index (χ4n) is 1.65. The number of carbonyl (C=O) groups excluding carboxylic acids is 1.